The number of ether oxygens (including phenoxy) is 1. The van der Waals surface area contributed by atoms with Gasteiger partial charge in [-0.2, -0.15) is 10.3 Å². The topological polar surface area (TPSA) is 58.5 Å². The SMILES string of the molecule is CCOC=Nc1occc1C#N. The maximum Gasteiger partial charge on any atom is 0.239 e. The minimum atomic E-state index is 0.283. The molecule has 1 aromatic rings. The molecule has 0 bridgehead atoms. The average Bonchev–Trinajstić information content (AvgIpc) is 2.52. The summed E-state index contributed by atoms with van der Waals surface area (Å²) < 4.78 is 9.75. The Morgan fingerprint density at radius 2 is 2.67 bits per heavy atom. The summed E-state index contributed by atoms with van der Waals surface area (Å²) in [6, 6.07) is 3.49. The largest absolute Gasteiger partial charge is 0.483 e. The highest BCUT2D eigenvalue weighted by Gasteiger charge is 2.01. The Morgan fingerprint density at radius 3 is 3.33 bits per heavy atom. The zero-order valence-corrected chi connectivity index (χ0v) is 6.65. The summed E-state index contributed by atoms with van der Waals surface area (Å²) in [6.07, 6.45) is 2.68. The lowest BCUT2D eigenvalue weighted by Gasteiger charge is -1.89. The Kier molecular flexibility index (Phi) is 2.91. The van der Waals surface area contributed by atoms with Crippen LogP contribution in [0.15, 0.2) is 21.7 Å². The van der Waals surface area contributed by atoms with Gasteiger partial charge in [-0.3, -0.25) is 0 Å². The molecular weight excluding hydrogens is 156 g/mol. The van der Waals surface area contributed by atoms with E-state index in [2.05, 4.69) is 4.99 Å². The molecule has 0 spiro atoms. The Labute approximate surface area is 70.1 Å². The van der Waals surface area contributed by atoms with E-state index in [1.165, 1.54) is 12.7 Å². The van der Waals surface area contributed by atoms with Crippen molar-refractivity contribution in [2.75, 3.05) is 6.61 Å². The van der Waals surface area contributed by atoms with Gasteiger partial charge in [0.15, 0.2) is 6.40 Å². The summed E-state index contributed by atoms with van der Waals surface area (Å²) in [7, 11) is 0. The van der Waals surface area contributed by atoms with E-state index in [1.807, 2.05) is 13.0 Å². The maximum absolute atomic E-state index is 8.54. The van der Waals surface area contributed by atoms with Crippen LogP contribution in [0.5, 0.6) is 0 Å². The molecule has 1 aromatic heterocycles. The molecule has 0 N–H and O–H groups in total. The maximum atomic E-state index is 8.54. The van der Waals surface area contributed by atoms with Crippen LogP contribution in [0, 0.1) is 11.3 Å². The molecule has 0 atom stereocenters. The number of nitriles is 1. The number of aliphatic imine (C=N–C) groups is 1. The van der Waals surface area contributed by atoms with Gasteiger partial charge < -0.3 is 9.15 Å². The Morgan fingerprint density at radius 1 is 1.83 bits per heavy atom. The number of furan rings is 1. The second kappa shape index (κ2) is 4.19. The fraction of sp³-hybridized carbons (Fsp3) is 0.250. The predicted molar refractivity (Wildman–Crippen MR) is 43.2 cm³/mol. The van der Waals surface area contributed by atoms with Crippen molar-refractivity contribution in [1.29, 1.82) is 5.26 Å². The predicted octanol–water partition coefficient (Wildman–Crippen LogP) is 1.85. The normalized spacial score (nSPS) is 10.0. The first-order valence-electron chi connectivity index (χ1n) is 3.50. The molecule has 0 aliphatic rings. The highest BCUT2D eigenvalue weighted by atomic mass is 16.5. The van der Waals surface area contributed by atoms with Gasteiger partial charge in [-0.15, -0.1) is 0 Å². The summed E-state index contributed by atoms with van der Waals surface area (Å²) in [6.45, 7) is 2.39. The van der Waals surface area contributed by atoms with Crippen molar-refractivity contribution < 1.29 is 9.15 Å². The molecule has 0 saturated heterocycles. The summed E-state index contributed by atoms with van der Waals surface area (Å²) in [5, 5.41) is 8.54. The molecule has 0 aliphatic carbocycles. The van der Waals surface area contributed by atoms with Crippen LogP contribution in [0.25, 0.3) is 0 Å². The van der Waals surface area contributed by atoms with E-state index in [1.54, 1.807) is 6.07 Å². The van der Waals surface area contributed by atoms with E-state index >= 15 is 0 Å². The first-order valence-corrected chi connectivity index (χ1v) is 3.50. The third-order valence-corrected chi connectivity index (χ3v) is 1.18. The van der Waals surface area contributed by atoms with E-state index in [-0.39, 0.29) is 5.88 Å². The molecule has 4 heteroatoms. The smallest absolute Gasteiger partial charge is 0.239 e. The first-order chi connectivity index (χ1) is 5.88. The molecule has 0 radical (unpaired) electrons. The van der Waals surface area contributed by atoms with Crippen molar-refractivity contribution in [2.45, 2.75) is 6.92 Å². The Bertz CT molecular complexity index is 309. The second-order valence-electron chi connectivity index (χ2n) is 1.94. The molecule has 0 aromatic carbocycles. The van der Waals surface area contributed by atoms with E-state index in [9.17, 15) is 0 Å². The van der Waals surface area contributed by atoms with Crippen molar-refractivity contribution >= 4 is 12.3 Å². The molecule has 0 amide bonds. The molecular formula is C8H8N2O2. The van der Waals surface area contributed by atoms with Gasteiger partial charge in [-0.1, -0.05) is 0 Å². The minimum absolute atomic E-state index is 0.283. The van der Waals surface area contributed by atoms with Crippen LogP contribution in [0.2, 0.25) is 0 Å². The highest BCUT2D eigenvalue weighted by molar-refractivity contribution is 5.56. The molecule has 0 fully saturated rings. The van der Waals surface area contributed by atoms with Gasteiger partial charge in [-0.25, -0.2) is 0 Å². The molecule has 62 valence electrons. The number of hydrogen-bond donors (Lipinski definition) is 0. The van der Waals surface area contributed by atoms with Crippen LogP contribution in [-0.4, -0.2) is 13.0 Å². The van der Waals surface area contributed by atoms with Crippen LogP contribution < -0.4 is 0 Å². The molecule has 12 heavy (non-hydrogen) atoms. The van der Waals surface area contributed by atoms with Gasteiger partial charge in [0, 0.05) is 0 Å². The fourth-order valence-electron chi connectivity index (χ4n) is 0.646. The van der Waals surface area contributed by atoms with Crippen LogP contribution in [-0.2, 0) is 4.74 Å². The lowest BCUT2D eigenvalue weighted by molar-refractivity contribution is 0.343. The third kappa shape index (κ3) is 1.86. The van der Waals surface area contributed by atoms with Gasteiger partial charge in [-0.05, 0) is 13.0 Å². The summed E-state index contributed by atoms with van der Waals surface area (Å²) >= 11 is 0. The van der Waals surface area contributed by atoms with Crippen LogP contribution >= 0.6 is 0 Å². The lowest BCUT2D eigenvalue weighted by atomic mass is 10.3. The van der Waals surface area contributed by atoms with Gasteiger partial charge in [0.05, 0.1) is 12.9 Å². The second-order valence-corrected chi connectivity index (χ2v) is 1.94. The van der Waals surface area contributed by atoms with Crippen molar-refractivity contribution in [2.24, 2.45) is 4.99 Å². The Balaban J connectivity index is 2.69. The molecule has 1 rings (SSSR count). The van der Waals surface area contributed by atoms with Crippen molar-refractivity contribution in [3.8, 4) is 6.07 Å². The molecule has 0 unspecified atom stereocenters. The number of rotatable bonds is 3. The third-order valence-electron chi connectivity index (χ3n) is 1.18. The molecule has 0 aliphatic heterocycles. The van der Waals surface area contributed by atoms with Gasteiger partial charge in [0.2, 0.25) is 5.88 Å². The van der Waals surface area contributed by atoms with E-state index in [0.29, 0.717) is 12.2 Å². The summed E-state index contributed by atoms with van der Waals surface area (Å²) in [5.74, 6) is 0.283. The van der Waals surface area contributed by atoms with Crippen molar-refractivity contribution in [3.63, 3.8) is 0 Å². The van der Waals surface area contributed by atoms with Crippen LogP contribution in [0.1, 0.15) is 12.5 Å². The van der Waals surface area contributed by atoms with Crippen molar-refractivity contribution in [1.82, 2.24) is 0 Å². The standard InChI is InChI=1S/C8H8N2O2/c1-2-11-6-10-8-7(5-9)3-4-12-8/h3-4,6H,2H2,1H3. The molecule has 0 saturated carbocycles. The lowest BCUT2D eigenvalue weighted by Crippen LogP contribution is -1.83. The zero-order chi connectivity index (χ0) is 8.81. The molecule has 4 nitrogen and oxygen atoms in total. The fourth-order valence-corrected chi connectivity index (χ4v) is 0.646. The zero-order valence-electron chi connectivity index (χ0n) is 6.65. The Hall–Kier alpha value is -1.76. The first kappa shape index (κ1) is 8.34. The van der Waals surface area contributed by atoms with E-state index in [0.717, 1.165) is 0 Å². The minimum Gasteiger partial charge on any atom is -0.483 e. The van der Waals surface area contributed by atoms with Crippen LogP contribution in [0.3, 0.4) is 0 Å². The quantitative estimate of drug-likeness (QED) is 0.506. The number of hydrogen-bond acceptors (Lipinski definition) is 4. The monoisotopic (exact) mass is 164 g/mol. The average molecular weight is 164 g/mol. The van der Waals surface area contributed by atoms with Gasteiger partial charge in [0.1, 0.15) is 11.6 Å². The highest BCUT2D eigenvalue weighted by Crippen LogP contribution is 2.18. The van der Waals surface area contributed by atoms with E-state index < -0.39 is 0 Å². The summed E-state index contributed by atoms with van der Waals surface area (Å²) in [4.78, 5) is 3.79. The van der Waals surface area contributed by atoms with Crippen LogP contribution in [0.4, 0.5) is 5.88 Å². The van der Waals surface area contributed by atoms with Gasteiger partial charge in [0.25, 0.3) is 0 Å². The summed E-state index contributed by atoms with van der Waals surface area (Å²) in [5.41, 5.74) is 0.408. The van der Waals surface area contributed by atoms with Crippen molar-refractivity contribution in [3.05, 3.63) is 17.9 Å². The number of nitrogens with zero attached hydrogens (tertiary/aromatic N) is 2. The van der Waals surface area contributed by atoms with E-state index in [4.69, 9.17) is 14.4 Å². The van der Waals surface area contributed by atoms with Gasteiger partial charge >= 0.3 is 0 Å². The molecule has 1 heterocycles.